The molecule has 0 aliphatic carbocycles. The van der Waals surface area contributed by atoms with Crippen LogP contribution in [0.2, 0.25) is 0 Å². The summed E-state index contributed by atoms with van der Waals surface area (Å²) >= 11 is 0. The number of nitrogens with one attached hydrogen (secondary N) is 1. The summed E-state index contributed by atoms with van der Waals surface area (Å²) in [6, 6.07) is 4.83. The lowest BCUT2D eigenvalue weighted by atomic mass is 10.2. The lowest BCUT2D eigenvalue weighted by Crippen LogP contribution is -2.08. The molecule has 0 fully saturated rings. The first kappa shape index (κ1) is 11.0. The second-order valence-corrected chi connectivity index (χ2v) is 3.26. The molecule has 17 heavy (non-hydrogen) atoms. The van der Waals surface area contributed by atoms with Crippen molar-refractivity contribution in [2.24, 2.45) is 0 Å². The van der Waals surface area contributed by atoms with E-state index >= 15 is 0 Å². The second-order valence-electron chi connectivity index (χ2n) is 3.26. The van der Waals surface area contributed by atoms with Crippen LogP contribution in [0.15, 0.2) is 36.9 Å². The van der Waals surface area contributed by atoms with Crippen molar-refractivity contribution >= 4 is 11.8 Å². The zero-order valence-electron chi connectivity index (χ0n) is 8.87. The number of carboxylic acids is 1. The van der Waals surface area contributed by atoms with Crippen molar-refractivity contribution in [3.8, 4) is 0 Å². The maximum absolute atomic E-state index is 10.9. The summed E-state index contributed by atoms with van der Waals surface area (Å²) in [5.74, 6) is -0.679. The predicted molar refractivity (Wildman–Crippen MR) is 60.6 cm³/mol. The van der Waals surface area contributed by atoms with E-state index in [4.69, 9.17) is 5.11 Å². The molecule has 0 bridgehead atoms. The van der Waals surface area contributed by atoms with E-state index in [1.165, 1.54) is 18.6 Å². The molecule has 0 radical (unpaired) electrons. The Balaban J connectivity index is 2.12. The SMILES string of the molecule is O=C(O)c1cccnc1NCc1ccncn1. The fourth-order valence-electron chi connectivity index (χ4n) is 1.32. The maximum Gasteiger partial charge on any atom is 0.339 e. The molecule has 2 N–H and O–H groups in total. The molecular weight excluding hydrogens is 220 g/mol. The Morgan fingerprint density at radius 1 is 1.29 bits per heavy atom. The molecule has 2 rings (SSSR count). The summed E-state index contributed by atoms with van der Waals surface area (Å²) in [5, 5.41) is 11.9. The monoisotopic (exact) mass is 230 g/mol. The Morgan fingerprint density at radius 2 is 2.18 bits per heavy atom. The molecule has 6 heteroatoms. The third-order valence-corrected chi connectivity index (χ3v) is 2.12. The number of carbonyl (C=O) groups is 1. The number of anilines is 1. The van der Waals surface area contributed by atoms with Crippen molar-refractivity contribution in [3.05, 3.63) is 48.2 Å². The number of aromatic nitrogens is 3. The van der Waals surface area contributed by atoms with Gasteiger partial charge in [0.15, 0.2) is 0 Å². The maximum atomic E-state index is 10.9. The van der Waals surface area contributed by atoms with Crippen LogP contribution in [0, 0.1) is 0 Å². The van der Waals surface area contributed by atoms with Gasteiger partial charge in [-0.3, -0.25) is 0 Å². The summed E-state index contributed by atoms with van der Waals surface area (Å²) in [5.41, 5.74) is 0.906. The van der Waals surface area contributed by atoms with E-state index in [-0.39, 0.29) is 5.56 Å². The standard InChI is InChI=1S/C11H10N4O2/c16-11(17)9-2-1-4-13-10(9)14-6-8-3-5-12-7-15-8/h1-5,7H,6H2,(H,13,14)(H,16,17). The normalized spacial score (nSPS) is 9.88. The van der Waals surface area contributed by atoms with Crippen molar-refractivity contribution in [3.63, 3.8) is 0 Å². The topological polar surface area (TPSA) is 88.0 Å². The fraction of sp³-hybridized carbons (Fsp3) is 0.0909. The van der Waals surface area contributed by atoms with Gasteiger partial charge in [0.1, 0.15) is 17.7 Å². The summed E-state index contributed by atoms with van der Waals surface area (Å²) in [6.07, 6.45) is 4.60. The van der Waals surface area contributed by atoms with E-state index in [1.807, 2.05) is 0 Å². The van der Waals surface area contributed by atoms with Gasteiger partial charge in [-0.1, -0.05) is 0 Å². The number of nitrogens with zero attached hydrogens (tertiary/aromatic N) is 3. The largest absolute Gasteiger partial charge is 0.478 e. The van der Waals surface area contributed by atoms with Gasteiger partial charge in [0.05, 0.1) is 12.2 Å². The third kappa shape index (κ3) is 2.75. The molecule has 0 aromatic carbocycles. The highest BCUT2D eigenvalue weighted by Gasteiger charge is 2.09. The molecule has 0 saturated carbocycles. The Morgan fingerprint density at radius 3 is 2.88 bits per heavy atom. The van der Waals surface area contributed by atoms with Gasteiger partial charge >= 0.3 is 5.97 Å². The van der Waals surface area contributed by atoms with Gasteiger partial charge in [0, 0.05) is 12.4 Å². The number of carboxylic acid groups (broad SMARTS) is 1. The van der Waals surface area contributed by atoms with E-state index in [9.17, 15) is 4.79 Å². The minimum Gasteiger partial charge on any atom is -0.478 e. The molecule has 86 valence electrons. The molecule has 2 aromatic heterocycles. The van der Waals surface area contributed by atoms with Crippen molar-refractivity contribution in [2.45, 2.75) is 6.54 Å². The Hall–Kier alpha value is -2.50. The smallest absolute Gasteiger partial charge is 0.339 e. The van der Waals surface area contributed by atoms with Crippen LogP contribution in [0.4, 0.5) is 5.82 Å². The number of aromatic carboxylic acids is 1. The van der Waals surface area contributed by atoms with Crippen LogP contribution in [0.5, 0.6) is 0 Å². The second kappa shape index (κ2) is 5.02. The van der Waals surface area contributed by atoms with Crippen LogP contribution in [0.3, 0.4) is 0 Å². The zero-order valence-corrected chi connectivity index (χ0v) is 8.87. The highest BCUT2D eigenvalue weighted by Crippen LogP contribution is 2.11. The number of rotatable bonds is 4. The van der Waals surface area contributed by atoms with E-state index in [2.05, 4.69) is 20.3 Å². The highest BCUT2D eigenvalue weighted by molar-refractivity contribution is 5.92. The van der Waals surface area contributed by atoms with Crippen LogP contribution in [-0.4, -0.2) is 26.0 Å². The summed E-state index contributed by atoms with van der Waals surface area (Å²) in [6.45, 7) is 0.403. The van der Waals surface area contributed by atoms with Crippen LogP contribution in [0.25, 0.3) is 0 Å². The molecule has 2 heterocycles. The Labute approximate surface area is 97.4 Å². The fourth-order valence-corrected chi connectivity index (χ4v) is 1.32. The van der Waals surface area contributed by atoms with Gasteiger partial charge in [-0.25, -0.2) is 19.7 Å². The van der Waals surface area contributed by atoms with Crippen molar-refractivity contribution in [2.75, 3.05) is 5.32 Å². The Kier molecular flexibility index (Phi) is 3.25. The van der Waals surface area contributed by atoms with Crippen molar-refractivity contribution in [1.29, 1.82) is 0 Å². The van der Waals surface area contributed by atoms with Crippen LogP contribution in [0.1, 0.15) is 16.1 Å². The van der Waals surface area contributed by atoms with E-state index in [0.29, 0.717) is 12.4 Å². The van der Waals surface area contributed by atoms with Crippen molar-refractivity contribution < 1.29 is 9.90 Å². The van der Waals surface area contributed by atoms with Gasteiger partial charge in [0.2, 0.25) is 0 Å². The molecule has 0 atom stereocenters. The molecule has 0 unspecified atom stereocenters. The number of hydrogen-bond donors (Lipinski definition) is 2. The molecular formula is C11H10N4O2. The summed E-state index contributed by atoms with van der Waals surface area (Å²) < 4.78 is 0. The summed E-state index contributed by atoms with van der Waals surface area (Å²) in [7, 11) is 0. The van der Waals surface area contributed by atoms with E-state index in [1.54, 1.807) is 18.3 Å². The Bertz CT molecular complexity index is 516. The lowest BCUT2D eigenvalue weighted by molar-refractivity contribution is 0.0697. The van der Waals surface area contributed by atoms with Gasteiger partial charge in [-0.2, -0.15) is 0 Å². The van der Waals surface area contributed by atoms with Gasteiger partial charge in [0.25, 0.3) is 0 Å². The van der Waals surface area contributed by atoms with Crippen LogP contribution < -0.4 is 5.32 Å². The quantitative estimate of drug-likeness (QED) is 0.820. The molecule has 2 aromatic rings. The van der Waals surface area contributed by atoms with Gasteiger partial charge < -0.3 is 10.4 Å². The van der Waals surface area contributed by atoms with E-state index in [0.717, 1.165) is 5.69 Å². The minimum atomic E-state index is -1.01. The van der Waals surface area contributed by atoms with Crippen molar-refractivity contribution in [1.82, 2.24) is 15.0 Å². The van der Waals surface area contributed by atoms with Gasteiger partial charge in [-0.15, -0.1) is 0 Å². The zero-order chi connectivity index (χ0) is 12.1. The third-order valence-electron chi connectivity index (χ3n) is 2.12. The van der Waals surface area contributed by atoms with E-state index < -0.39 is 5.97 Å². The average Bonchev–Trinajstić information content (AvgIpc) is 2.38. The predicted octanol–water partition coefficient (Wildman–Crippen LogP) is 1.18. The molecule has 0 amide bonds. The highest BCUT2D eigenvalue weighted by atomic mass is 16.4. The first-order valence-corrected chi connectivity index (χ1v) is 4.94. The average molecular weight is 230 g/mol. The molecule has 0 aliphatic rings. The summed E-state index contributed by atoms with van der Waals surface area (Å²) in [4.78, 5) is 22.7. The molecule has 0 saturated heterocycles. The number of hydrogen-bond acceptors (Lipinski definition) is 5. The molecule has 6 nitrogen and oxygen atoms in total. The first-order valence-electron chi connectivity index (χ1n) is 4.94. The minimum absolute atomic E-state index is 0.140. The van der Waals surface area contributed by atoms with Crippen LogP contribution >= 0.6 is 0 Å². The van der Waals surface area contributed by atoms with Crippen LogP contribution in [-0.2, 0) is 6.54 Å². The lowest BCUT2D eigenvalue weighted by Gasteiger charge is -2.07. The first-order chi connectivity index (χ1) is 8.27. The number of pyridine rings is 1. The molecule has 0 aliphatic heterocycles. The molecule has 0 spiro atoms. The van der Waals surface area contributed by atoms with Gasteiger partial charge in [-0.05, 0) is 18.2 Å².